The van der Waals surface area contributed by atoms with E-state index in [0.29, 0.717) is 6.42 Å². The van der Waals surface area contributed by atoms with Gasteiger partial charge < -0.3 is 10.1 Å². The summed E-state index contributed by atoms with van der Waals surface area (Å²) in [6, 6.07) is 0. The molecule has 0 atom stereocenters. The van der Waals surface area contributed by atoms with E-state index in [0.717, 1.165) is 0 Å². The average molecular weight is 133 g/mol. The molecule has 0 amide bonds. The van der Waals surface area contributed by atoms with Gasteiger partial charge in [0.25, 0.3) is 0 Å². The molecular weight excluding hydrogens is 118 g/mol. The van der Waals surface area contributed by atoms with Gasteiger partial charge in [0.15, 0.2) is 0 Å². The van der Waals surface area contributed by atoms with Gasteiger partial charge in [0, 0.05) is 6.42 Å². The number of ether oxygens (including phenoxy) is 1. The minimum absolute atomic E-state index is 0.157. The third-order valence-electron chi connectivity index (χ3n) is 0.516. The highest BCUT2D eigenvalue weighted by Crippen LogP contribution is 1.76. The lowest BCUT2D eigenvalue weighted by Crippen LogP contribution is -1.94. The number of esters is 1. The van der Waals surface area contributed by atoms with Gasteiger partial charge in [-0.1, -0.05) is 6.92 Å². The molecule has 1 N–H and O–H groups in total. The Balaban J connectivity index is 0. The van der Waals surface area contributed by atoms with Gasteiger partial charge in [0.1, 0.15) is 0 Å². The summed E-state index contributed by atoms with van der Waals surface area (Å²) in [5, 5.41) is 2.75. The molecule has 0 saturated carbocycles. The average Bonchev–Trinajstić information content (AvgIpc) is 1.88. The standard InChI is InChI=1S/C4H8O2.C2H7N/c1-3-4(5)6-2;1-3-2/h3H2,1-2H3;3H,1-2H3. The zero-order chi connectivity index (χ0) is 7.70. The molecule has 9 heavy (non-hydrogen) atoms. The largest absolute Gasteiger partial charge is 0.469 e. The summed E-state index contributed by atoms with van der Waals surface area (Å²) in [5.41, 5.74) is 0. The maximum Gasteiger partial charge on any atom is 0.305 e. The Kier molecular flexibility index (Phi) is 13.0. The quantitative estimate of drug-likeness (QED) is 0.526. The van der Waals surface area contributed by atoms with Crippen LogP contribution in [0.5, 0.6) is 0 Å². The number of methoxy groups -OCH3 is 1. The minimum atomic E-state index is -0.157. The summed E-state index contributed by atoms with van der Waals surface area (Å²) >= 11 is 0. The highest BCUT2D eigenvalue weighted by molar-refractivity contribution is 5.68. The molecular formula is C6H15NO2. The van der Waals surface area contributed by atoms with Crippen molar-refractivity contribution in [1.29, 1.82) is 0 Å². The van der Waals surface area contributed by atoms with Crippen LogP contribution >= 0.6 is 0 Å². The van der Waals surface area contributed by atoms with Crippen LogP contribution in [0.3, 0.4) is 0 Å². The molecule has 0 aromatic carbocycles. The van der Waals surface area contributed by atoms with Gasteiger partial charge in [0.2, 0.25) is 0 Å². The van der Waals surface area contributed by atoms with Crippen LogP contribution in [0.25, 0.3) is 0 Å². The van der Waals surface area contributed by atoms with Gasteiger partial charge in [-0.25, -0.2) is 0 Å². The van der Waals surface area contributed by atoms with Crippen LogP contribution < -0.4 is 5.32 Å². The van der Waals surface area contributed by atoms with Crippen molar-refractivity contribution in [2.24, 2.45) is 0 Å². The van der Waals surface area contributed by atoms with Crippen molar-refractivity contribution in [2.75, 3.05) is 21.2 Å². The van der Waals surface area contributed by atoms with Crippen LogP contribution in [-0.2, 0) is 9.53 Å². The minimum Gasteiger partial charge on any atom is -0.469 e. The summed E-state index contributed by atoms with van der Waals surface area (Å²) in [4.78, 5) is 9.96. The van der Waals surface area contributed by atoms with Crippen molar-refractivity contribution >= 4 is 5.97 Å². The first-order valence-corrected chi connectivity index (χ1v) is 2.88. The molecule has 0 spiro atoms. The summed E-state index contributed by atoms with van der Waals surface area (Å²) in [6.45, 7) is 1.76. The molecule has 0 aliphatic rings. The fourth-order valence-corrected chi connectivity index (χ4v) is 0.144. The van der Waals surface area contributed by atoms with Crippen LogP contribution in [-0.4, -0.2) is 27.2 Å². The van der Waals surface area contributed by atoms with Crippen LogP contribution in [0.1, 0.15) is 13.3 Å². The predicted molar refractivity (Wildman–Crippen MR) is 37.3 cm³/mol. The molecule has 3 heteroatoms. The second kappa shape index (κ2) is 10.4. The molecule has 0 aliphatic carbocycles. The maximum absolute atomic E-state index is 9.96. The fraction of sp³-hybridized carbons (Fsp3) is 0.833. The Morgan fingerprint density at radius 2 is 1.89 bits per heavy atom. The topological polar surface area (TPSA) is 38.3 Å². The van der Waals surface area contributed by atoms with Crippen molar-refractivity contribution in [1.82, 2.24) is 5.32 Å². The van der Waals surface area contributed by atoms with Crippen LogP contribution in [0.2, 0.25) is 0 Å². The molecule has 0 rings (SSSR count). The van der Waals surface area contributed by atoms with E-state index in [2.05, 4.69) is 10.1 Å². The van der Waals surface area contributed by atoms with Gasteiger partial charge in [-0.2, -0.15) is 0 Å². The van der Waals surface area contributed by atoms with E-state index < -0.39 is 0 Å². The zero-order valence-corrected chi connectivity index (χ0v) is 6.52. The zero-order valence-electron chi connectivity index (χ0n) is 6.52. The third kappa shape index (κ3) is 18.6. The number of nitrogens with one attached hydrogen (secondary N) is 1. The summed E-state index contributed by atoms with van der Waals surface area (Å²) < 4.78 is 4.26. The van der Waals surface area contributed by atoms with E-state index in [4.69, 9.17) is 0 Å². The lowest BCUT2D eigenvalue weighted by Gasteiger charge is -1.87. The Labute approximate surface area is 56.4 Å². The summed E-state index contributed by atoms with van der Waals surface area (Å²) in [5.74, 6) is -0.157. The molecule has 0 radical (unpaired) electrons. The first-order chi connectivity index (χ1) is 4.22. The fourth-order valence-electron chi connectivity index (χ4n) is 0.144. The van der Waals surface area contributed by atoms with Crippen molar-refractivity contribution < 1.29 is 9.53 Å². The molecule has 0 unspecified atom stereocenters. The maximum atomic E-state index is 9.96. The molecule has 3 nitrogen and oxygen atoms in total. The highest BCUT2D eigenvalue weighted by atomic mass is 16.5. The highest BCUT2D eigenvalue weighted by Gasteiger charge is 1.87. The first kappa shape index (κ1) is 11.3. The van der Waals surface area contributed by atoms with Crippen molar-refractivity contribution in [3.63, 3.8) is 0 Å². The van der Waals surface area contributed by atoms with E-state index in [1.165, 1.54) is 7.11 Å². The molecule has 56 valence electrons. The van der Waals surface area contributed by atoms with Crippen LogP contribution in [0.4, 0.5) is 0 Å². The second-order valence-electron chi connectivity index (χ2n) is 1.43. The van der Waals surface area contributed by atoms with Crippen molar-refractivity contribution in [3.05, 3.63) is 0 Å². The molecule has 0 aromatic rings. The van der Waals surface area contributed by atoms with Crippen LogP contribution in [0, 0.1) is 0 Å². The van der Waals surface area contributed by atoms with Gasteiger partial charge in [-0.05, 0) is 14.1 Å². The number of rotatable bonds is 1. The number of hydrogen-bond acceptors (Lipinski definition) is 3. The van der Waals surface area contributed by atoms with Gasteiger partial charge >= 0.3 is 5.97 Å². The lowest BCUT2D eigenvalue weighted by molar-refractivity contribution is -0.140. The molecule has 0 bridgehead atoms. The number of carbonyl (C=O) groups excluding carboxylic acids is 1. The Morgan fingerprint density at radius 3 is 1.89 bits per heavy atom. The normalized spacial score (nSPS) is 7.11. The van der Waals surface area contributed by atoms with E-state index >= 15 is 0 Å². The van der Waals surface area contributed by atoms with E-state index in [-0.39, 0.29) is 5.97 Å². The van der Waals surface area contributed by atoms with Crippen molar-refractivity contribution in [3.8, 4) is 0 Å². The van der Waals surface area contributed by atoms with Gasteiger partial charge in [-0.3, -0.25) is 4.79 Å². The molecule has 0 aliphatic heterocycles. The number of carbonyl (C=O) groups is 1. The Bertz CT molecular complexity index is 58.1. The van der Waals surface area contributed by atoms with E-state index in [9.17, 15) is 4.79 Å². The summed E-state index contributed by atoms with van der Waals surface area (Å²) in [6.07, 6.45) is 0.469. The molecule has 0 fully saturated rings. The first-order valence-electron chi connectivity index (χ1n) is 2.88. The Morgan fingerprint density at radius 1 is 1.56 bits per heavy atom. The smallest absolute Gasteiger partial charge is 0.305 e. The lowest BCUT2D eigenvalue weighted by atomic mass is 10.5. The van der Waals surface area contributed by atoms with E-state index in [1.807, 2.05) is 14.1 Å². The second-order valence-corrected chi connectivity index (χ2v) is 1.43. The monoisotopic (exact) mass is 133 g/mol. The van der Waals surface area contributed by atoms with Crippen molar-refractivity contribution in [2.45, 2.75) is 13.3 Å². The van der Waals surface area contributed by atoms with Gasteiger partial charge in [-0.15, -0.1) is 0 Å². The van der Waals surface area contributed by atoms with Gasteiger partial charge in [0.05, 0.1) is 7.11 Å². The SMILES string of the molecule is CCC(=O)OC.CNC. The molecule has 0 heterocycles. The van der Waals surface area contributed by atoms with E-state index in [1.54, 1.807) is 6.92 Å². The molecule has 0 aromatic heterocycles. The summed E-state index contributed by atoms with van der Waals surface area (Å²) in [7, 11) is 5.13. The Hall–Kier alpha value is -0.570. The third-order valence-corrected chi connectivity index (χ3v) is 0.516. The van der Waals surface area contributed by atoms with Crippen LogP contribution in [0.15, 0.2) is 0 Å². The predicted octanol–water partition coefficient (Wildman–Crippen LogP) is 0.405. The number of hydrogen-bond donors (Lipinski definition) is 1. The molecule has 0 saturated heterocycles.